The molecule has 1 N–H and O–H groups in total. The van der Waals surface area contributed by atoms with Crippen molar-refractivity contribution in [2.75, 3.05) is 26.4 Å². The van der Waals surface area contributed by atoms with Gasteiger partial charge < -0.3 is 24.0 Å². The number of alkyl carbamates (subject to hydrolysis) is 1. The minimum atomic E-state index is -1.56. The molecule has 7 heteroatoms. The Morgan fingerprint density at radius 2 is 1.18 bits per heavy atom. The van der Waals surface area contributed by atoms with Crippen LogP contribution in [-0.4, -0.2) is 61.2 Å². The van der Waals surface area contributed by atoms with Crippen molar-refractivity contribution in [2.45, 2.75) is 159 Å². The van der Waals surface area contributed by atoms with Gasteiger partial charge in [0.2, 0.25) is 5.60 Å². The maximum atomic E-state index is 14.5. The minimum Gasteiger partial charge on any atom is -0.459 e. The van der Waals surface area contributed by atoms with Crippen molar-refractivity contribution in [3.05, 3.63) is 71.8 Å². The van der Waals surface area contributed by atoms with Gasteiger partial charge in [-0.05, 0) is 17.5 Å². The summed E-state index contributed by atoms with van der Waals surface area (Å²) in [5.41, 5.74) is -0.248. The molecule has 276 valence electrons. The fraction of sp³-hybridized carbons (Fsp3) is 0.674. The minimum absolute atomic E-state index is 0.144. The number of hydrogen-bond donors (Lipinski definition) is 1. The number of piperidine rings is 1. The average molecular weight is 690 g/mol. The number of hydrogen-bond acceptors (Lipinski definition) is 5. The molecule has 0 saturated carbocycles. The van der Waals surface area contributed by atoms with Gasteiger partial charge in [0.25, 0.3) is 0 Å². The lowest BCUT2D eigenvalue weighted by molar-refractivity contribution is -0.956. The number of nitrogens with zero attached hydrogens (tertiary/aromatic N) is 1. The highest BCUT2D eigenvalue weighted by Crippen LogP contribution is 2.47. The molecule has 1 amide bonds. The molecular weight excluding hydrogens is 624 g/mol. The van der Waals surface area contributed by atoms with Crippen molar-refractivity contribution in [1.29, 1.82) is 0 Å². The smallest absolute Gasteiger partial charge is 0.409 e. The molecule has 3 aliphatic rings. The number of unbranched alkanes of at least 4 members (excludes halogenated alkanes) is 13. The van der Waals surface area contributed by atoms with Crippen LogP contribution in [0.15, 0.2) is 60.7 Å². The molecule has 2 unspecified atom stereocenters. The molecule has 3 fully saturated rings. The molecule has 2 aromatic rings. The number of rotatable bonds is 22. The van der Waals surface area contributed by atoms with Gasteiger partial charge >= 0.3 is 12.1 Å². The Balaban J connectivity index is 1.07. The number of quaternary nitrogens is 1. The van der Waals surface area contributed by atoms with E-state index in [0.29, 0.717) is 29.8 Å². The molecule has 2 bridgehead atoms. The van der Waals surface area contributed by atoms with Gasteiger partial charge in [0, 0.05) is 45.1 Å². The van der Waals surface area contributed by atoms with Crippen LogP contribution >= 0.6 is 0 Å². The predicted octanol–water partition coefficient (Wildman–Crippen LogP) is 9.96. The van der Waals surface area contributed by atoms with Crippen molar-refractivity contribution in [2.24, 2.45) is 0 Å². The molecule has 0 aliphatic carbocycles. The molecule has 0 aromatic heterocycles. The van der Waals surface area contributed by atoms with Crippen LogP contribution in [0, 0.1) is 0 Å². The van der Waals surface area contributed by atoms with Crippen LogP contribution in [0.5, 0.6) is 0 Å². The third-order valence-corrected chi connectivity index (χ3v) is 11.9. The van der Waals surface area contributed by atoms with E-state index in [1.807, 2.05) is 60.7 Å². The molecule has 2 aromatic carbocycles. The van der Waals surface area contributed by atoms with Crippen LogP contribution in [0.2, 0.25) is 0 Å². The van der Waals surface area contributed by atoms with E-state index in [9.17, 15) is 9.59 Å². The second-order valence-corrected chi connectivity index (χ2v) is 15.3. The second kappa shape index (κ2) is 20.2. The zero-order valence-corrected chi connectivity index (χ0v) is 31.0. The third-order valence-electron chi connectivity index (χ3n) is 11.9. The van der Waals surface area contributed by atoms with E-state index >= 15 is 0 Å². The van der Waals surface area contributed by atoms with Gasteiger partial charge in [-0.2, -0.15) is 0 Å². The Labute approximate surface area is 302 Å². The van der Waals surface area contributed by atoms with Crippen LogP contribution in [0.25, 0.3) is 0 Å². The van der Waals surface area contributed by atoms with Gasteiger partial charge in [-0.15, -0.1) is 0 Å². The number of esters is 1. The summed E-state index contributed by atoms with van der Waals surface area (Å²) in [6.45, 7) is 5.00. The largest absolute Gasteiger partial charge is 0.459 e. The molecule has 3 saturated heterocycles. The first-order valence-electron chi connectivity index (χ1n) is 20.3. The highest BCUT2D eigenvalue weighted by molar-refractivity contribution is 5.86. The Morgan fingerprint density at radius 1 is 0.700 bits per heavy atom. The van der Waals surface area contributed by atoms with Crippen molar-refractivity contribution < 1.29 is 28.3 Å². The Kier molecular flexibility index (Phi) is 15.5. The number of ether oxygens (including phenoxy) is 3. The Bertz CT molecular complexity index is 1210. The lowest BCUT2D eigenvalue weighted by Crippen LogP contribution is -2.60. The molecule has 7 nitrogen and oxygen atoms in total. The first-order chi connectivity index (χ1) is 24.6. The van der Waals surface area contributed by atoms with E-state index in [0.717, 1.165) is 25.7 Å². The molecular formula is C43H65N2O5+. The number of benzene rings is 2. The summed E-state index contributed by atoms with van der Waals surface area (Å²) in [5, 5.41) is 2.87. The van der Waals surface area contributed by atoms with E-state index in [1.165, 1.54) is 120 Å². The van der Waals surface area contributed by atoms with E-state index < -0.39 is 17.7 Å². The topological polar surface area (TPSA) is 73.9 Å². The lowest BCUT2D eigenvalue weighted by atomic mass is 9.85. The predicted molar refractivity (Wildman–Crippen MR) is 200 cm³/mol. The lowest BCUT2D eigenvalue weighted by Gasteiger charge is -2.47. The summed E-state index contributed by atoms with van der Waals surface area (Å²) in [5.74, 6) is -0.444. The molecule has 3 aliphatic heterocycles. The van der Waals surface area contributed by atoms with Gasteiger partial charge in [0.15, 0.2) is 6.79 Å². The van der Waals surface area contributed by atoms with Gasteiger partial charge in [0.1, 0.15) is 6.10 Å². The van der Waals surface area contributed by atoms with Crippen LogP contribution in [0.1, 0.15) is 146 Å². The molecule has 0 radical (unpaired) electrons. The zero-order valence-electron chi connectivity index (χ0n) is 31.0. The van der Waals surface area contributed by atoms with Crippen molar-refractivity contribution >= 4 is 12.1 Å². The Morgan fingerprint density at radius 3 is 1.68 bits per heavy atom. The maximum absolute atomic E-state index is 14.5. The summed E-state index contributed by atoms with van der Waals surface area (Å²) >= 11 is 0. The summed E-state index contributed by atoms with van der Waals surface area (Å²) in [6.07, 6.45) is 24.3. The average Bonchev–Trinajstić information content (AvgIpc) is 3.69. The number of carbonyl (C=O) groups excluding carboxylic acids is 2. The van der Waals surface area contributed by atoms with Crippen LogP contribution < -0.4 is 5.32 Å². The quantitative estimate of drug-likeness (QED) is 0.0577. The van der Waals surface area contributed by atoms with Gasteiger partial charge in [-0.25, -0.2) is 9.59 Å². The highest BCUT2D eigenvalue weighted by atomic mass is 16.7. The van der Waals surface area contributed by atoms with E-state index in [1.54, 1.807) is 0 Å². The van der Waals surface area contributed by atoms with E-state index in [-0.39, 0.29) is 12.9 Å². The molecule has 3 heterocycles. The zero-order chi connectivity index (χ0) is 34.9. The third kappa shape index (κ3) is 10.1. The molecule has 5 rings (SSSR count). The fourth-order valence-corrected chi connectivity index (χ4v) is 9.25. The first-order valence-corrected chi connectivity index (χ1v) is 20.3. The molecule has 50 heavy (non-hydrogen) atoms. The fourth-order valence-electron chi connectivity index (χ4n) is 9.25. The van der Waals surface area contributed by atoms with Gasteiger partial charge in [-0.3, -0.25) is 0 Å². The normalized spacial score (nSPS) is 20.9. The SMILES string of the molecule is CCCCCCCCCCCCCCCCNC(=O)OCOC(C(=O)OC1CC2CCC(C1)[N+]21CCCC1)(c1ccccc1)c1ccccc1. The van der Waals surface area contributed by atoms with Crippen LogP contribution in [0.4, 0.5) is 4.79 Å². The van der Waals surface area contributed by atoms with Crippen molar-refractivity contribution in [1.82, 2.24) is 5.32 Å². The number of carbonyl (C=O) groups is 2. The molecule has 1 spiro atoms. The van der Waals surface area contributed by atoms with Crippen LogP contribution in [-0.2, 0) is 24.6 Å². The second-order valence-electron chi connectivity index (χ2n) is 15.3. The van der Waals surface area contributed by atoms with Gasteiger partial charge in [-0.1, -0.05) is 151 Å². The number of nitrogens with one attached hydrogen (secondary N) is 1. The summed E-state index contributed by atoms with van der Waals surface area (Å²) in [4.78, 5) is 27.2. The van der Waals surface area contributed by atoms with Crippen molar-refractivity contribution in [3.8, 4) is 0 Å². The standard InChI is InChI=1S/C43H64N2O5/c1-2-3-4-5-6-7-8-9-10-11-12-13-14-21-30-44-42(47)48-35-49-43(36-24-17-15-18-25-36,37-26-19-16-20-27-37)41(46)50-40-33-38-28-29-39(34-40)45(38)31-22-23-32-45/h15-20,24-27,38-40H,2-14,21-23,28-35H2,1H3/p+1. The summed E-state index contributed by atoms with van der Waals surface area (Å²) in [6, 6.07) is 20.1. The highest BCUT2D eigenvalue weighted by Gasteiger charge is 2.57. The van der Waals surface area contributed by atoms with Crippen LogP contribution in [0.3, 0.4) is 0 Å². The van der Waals surface area contributed by atoms with E-state index in [4.69, 9.17) is 14.2 Å². The Hall–Kier alpha value is -2.90. The number of amides is 1. The van der Waals surface area contributed by atoms with Gasteiger partial charge in [0.05, 0.1) is 25.2 Å². The summed E-state index contributed by atoms with van der Waals surface area (Å²) in [7, 11) is 0. The van der Waals surface area contributed by atoms with E-state index in [2.05, 4.69) is 12.2 Å². The first kappa shape index (κ1) is 38.3. The summed E-state index contributed by atoms with van der Waals surface area (Å²) < 4.78 is 19.6. The van der Waals surface area contributed by atoms with Crippen molar-refractivity contribution in [3.63, 3.8) is 0 Å². The maximum Gasteiger partial charge on any atom is 0.409 e. The monoisotopic (exact) mass is 689 g/mol. The molecule has 2 atom stereocenters.